The zero-order valence-corrected chi connectivity index (χ0v) is 9.05. The summed E-state index contributed by atoms with van der Waals surface area (Å²) < 4.78 is 1.23. The second-order valence-corrected chi connectivity index (χ2v) is 4.45. The van der Waals surface area contributed by atoms with Crippen LogP contribution in [0.3, 0.4) is 0 Å². The molecule has 3 N–H and O–H groups in total. The van der Waals surface area contributed by atoms with Gasteiger partial charge in [-0.2, -0.15) is 0 Å². The molecule has 3 heteroatoms. The lowest BCUT2D eigenvalue weighted by Gasteiger charge is -2.05. The number of benzene rings is 1. The van der Waals surface area contributed by atoms with E-state index in [0.717, 1.165) is 12.1 Å². The van der Waals surface area contributed by atoms with E-state index in [1.165, 1.54) is 14.8 Å². The number of rotatable bonds is 0. The first-order valence-electron chi connectivity index (χ1n) is 4.01. The highest BCUT2D eigenvalue weighted by Crippen LogP contribution is 2.32. The summed E-state index contributed by atoms with van der Waals surface area (Å²) in [5, 5.41) is 3.43. The molecule has 12 heavy (non-hydrogen) atoms. The van der Waals surface area contributed by atoms with Crippen molar-refractivity contribution in [3.05, 3.63) is 21.3 Å². The molecule has 1 atom stereocenters. The highest BCUT2D eigenvalue weighted by Gasteiger charge is 2.18. The molecule has 2 nitrogen and oxygen atoms in total. The Morgan fingerprint density at radius 3 is 3.08 bits per heavy atom. The molecule has 0 saturated heterocycles. The number of anilines is 2. The lowest BCUT2D eigenvalue weighted by molar-refractivity contribution is 0.839. The van der Waals surface area contributed by atoms with Gasteiger partial charge < -0.3 is 11.1 Å². The number of fused-ring (bicyclic) bond motifs is 1. The van der Waals surface area contributed by atoms with Crippen LogP contribution in [0.25, 0.3) is 0 Å². The molecule has 0 aliphatic carbocycles. The molecule has 1 aliphatic rings. The van der Waals surface area contributed by atoms with Crippen LogP contribution in [-0.4, -0.2) is 6.04 Å². The zero-order valence-electron chi connectivity index (χ0n) is 6.89. The van der Waals surface area contributed by atoms with Crippen molar-refractivity contribution in [3.8, 4) is 0 Å². The Bertz CT molecular complexity index is 323. The summed E-state index contributed by atoms with van der Waals surface area (Å²) in [4.78, 5) is 0. The van der Waals surface area contributed by atoms with Gasteiger partial charge >= 0.3 is 0 Å². The van der Waals surface area contributed by atoms with Crippen molar-refractivity contribution in [3.63, 3.8) is 0 Å². The highest BCUT2D eigenvalue weighted by molar-refractivity contribution is 14.1. The van der Waals surface area contributed by atoms with Crippen LogP contribution in [0.15, 0.2) is 12.1 Å². The van der Waals surface area contributed by atoms with Crippen molar-refractivity contribution in [2.45, 2.75) is 19.4 Å². The molecule has 1 aliphatic heterocycles. The minimum absolute atomic E-state index is 0.551. The Hall–Kier alpha value is -0.450. The van der Waals surface area contributed by atoms with Gasteiger partial charge in [0, 0.05) is 15.3 Å². The number of nitrogens with one attached hydrogen (secondary N) is 1. The van der Waals surface area contributed by atoms with Crippen LogP contribution < -0.4 is 11.1 Å². The molecular formula is C9H11IN2. The fourth-order valence-corrected chi connectivity index (χ4v) is 2.50. The van der Waals surface area contributed by atoms with Gasteiger partial charge in [-0.1, -0.05) is 0 Å². The van der Waals surface area contributed by atoms with Gasteiger partial charge in [0.25, 0.3) is 0 Å². The normalized spacial score (nSPS) is 20.3. The molecule has 0 spiro atoms. The fraction of sp³-hybridized carbons (Fsp3) is 0.333. The number of nitrogen functional groups attached to an aromatic ring is 1. The number of halogens is 1. The molecular weight excluding hydrogens is 263 g/mol. The standard InChI is InChI=1S/C9H11IN2/c1-5-2-6-3-7(11)4-8(10)9(6)12-5/h3-5,12H,2,11H2,1H3. The van der Waals surface area contributed by atoms with E-state index < -0.39 is 0 Å². The quantitative estimate of drug-likeness (QED) is 0.562. The minimum atomic E-state index is 0.551. The molecule has 0 aromatic heterocycles. The first-order valence-corrected chi connectivity index (χ1v) is 5.09. The second kappa shape index (κ2) is 2.80. The SMILES string of the molecule is CC1Cc2cc(N)cc(I)c2N1. The molecule has 0 fully saturated rings. The van der Waals surface area contributed by atoms with Crippen molar-refractivity contribution in [2.24, 2.45) is 0 Å². The molecule has 2 rings (SSSR count). The van der Waals surface area contributed by atoms with Gasteiger partial charge in [-0.15, -0.1) is 0 Å². The molecule has 1 aromatic carbocycles. The summed E-state index contributed by atoms with van der Waals surface area (Å²) in [6.45, 7) is 2.19. The summed E-state index contributed by atoms with van der Waals surface area (Å²) in [6, 6.07) is 4.62. The van der Waals surface area contributed by atoms with Crippen LogP contribution >= 0.6 is 22.6 Å². The maximum absolute atomic E-state index is 5.74. The number of hydrogen-bond donors (Lipinski definition) is 2. The van der Waals surface area contributed by atoms with E-state index in [4.69, 9.17) is 5.73 Å². The smallest absolute Gasteiger partial charge is 0.0512 e. The summed E-state index contributed by atoms with van der Waals surface area (Å²) in [5.41, 5.74) is 9.24. The number of hydrogen-bond acceptors (Lipinski definition) is 2. The summed E-state index contributed by atoms with van der Waals surface area (Å²) in [5.74, 6) is 0. The molecule has 64 valence electrons. The van der Waals surface area contributed by atoms with Crippen molar-refractivity contribution in [1.82, 2.24) is 0 Å². The van der Waals surface area contributed by atoms with Gasteiger partial charge in [0.15, 0.2) is 0 Å². The van der Waals surface area contributed by atoms with Crippen molar-refractivity contribution >= 4 is 34.0 Å². The van der Waals surface area contributed by atoms with E-state index in [2.05, 4.69) is 40.9 Å². The third-order valence-corrected chi connectivity index (χ3v) is 2.96. The summed E-state index contributed by atoms with van der Waals surface area (Å²) in [6.07, 6.45) is 1.09. The molecule has 0 radical (unpaired) electrons. The van der Waals surface area contributed by atoms with Gasteiger partial charge in [0.2, 0.25) is 0 Å². The van der Waals surface area contributed by atoms with Gasteiger partial charge in [-0.3, -0.25) is 0 Å². The van der Waals surface area contributed by atoms with Gasteiger partial charge in [0.1, 0.15) is 0 Å². The number of nitrogens with two attached hydrogens (primary N) is 1. The molecule has 1 heterocycles. The lowest BCUT2D eigenvalue weighted by Crippen LogP contribution is -2.08. The molecule has 1 unspecified atom stereocenters. The molecule has 0 amide bonds. The lowest BCUT2D eigenvalue weighted by atomic mass is 10.1. The molecule has 1 aromatic rings. The van der Waals surface area contributed by atoms with Crippen LogP contribution in [0.4, 0.5) is 11.4 Å². The third-order valence-electron chi connectivity index (χ3n) is 2.11. The zero-order chi connectivity index (χ0) is 8.72. The monoisotopic (exact) mass is 274 g/mol. The first-order chi connectivity index (χ1) is 5.66. The van der Waals surface area contributed by atoms with Crippen molar-refractivity contribution in [1.29, 1.82) is 0 Å². The van der Waals surface area contributed by atoms with E-state index in [9.17, 15) is 0 Å². The van der Waals surface area contributed by atoms with Crippen LogP contribution in [-0.2, 0) is 6.42 Å². The minimum Gasteiger partial charge on any atom is -0.399 e. The Morgan fingerprint density at radius 1 is 1.58 bits per heavy atom. The molecule has 0 saturated carbocycles. The average Bonchev–Trinajstić information content (AvgIpc) is 2.29. The van der Waals surface area contributed by atoms with Crippen LogP contribution in [0.2, 0.25) is 0 Å². The van der Waals surface area contributed by atoms with Gasteiger partial charge in [-0.25, -0.2) is 0 Å². The highest BCUT2D eigenvalue weighted by atomic mass is 127. The van der Waals surface area contributed by atoms with E-state index in [-0.39, 0.29) is 0 Å². The largest absolute Gasteiger partial charge is 0.399 e. The summed E-state index contributed by atoms with van der Waals surface area (Å²) in [7, 11) is 0. The maximum Gasteiger partial charge on any atom is 0.0512 e. The van der Waals surface area contributed by atoms with Crippen LogP contribution in [0, 0.1) is 3.57 Å². The Kier molecular flexibility index (Phi) is 1.90. The maximum atomic E-state index is 5.74. The van der Waals surface area contributed by atoms with Crippen LogP contribution in [0.5, 0.6) is 0 Å². The Labute approximate surface area is 85.7 Å². The predicted octanol–water partition coefficient (Wildman–Crippen LogP) is 2.23. The van der Waals surface area contributed by atoms with Crippen molar-refractivity contribution < 1.29 is 0 Å². The fourth-order valence-electron chi connectivity index (χ4n) is 1.64. The first kappa shape index (κ1) is 8.16. The molecule has 0 bridgehead atoms. The van der Waals surface area contributed by atoms with E-state index >= 15 is 0 Å². The van der Waals surface area contributed by atoms with Crippen LogP contribution in [0.1, 0.15) is 12.5 Å². The topological polar surface area (TPSA) is 38.0 Å². The third kappa shape index (κ3) is 1.26. The van der Waals surface area contributed by atoms with Gasteiger partial charge in [-0.05, 0) is 53.6 Å². The van der Waals surface area contributed by atoms with E-state index in [1.807, 2.05) is 6.07 Å². The van der Waals surface area contributed by atoms with E-state index in [0.29, 0.717) is 6.04 Å². The Balaban J connectivity index is 2.52. The summed E-state index contributed by atoms with van der Waals surface area (Å²) >= 11 is 2.32. The second-order valence-electron chi connectivity index (χ2n) is 3.29. The predicted molar refractivity (Wildman–Crippen MR) is 60.4 cm³/mol. The van der Waals surface area contributed by atoms with E-state index in [1.54, 1.807) is 0 Å². The Morgan fingerprint density at radius 2 is 2.33 bits per heavy atom. The van der Waals surface area contributed by atoms with Crippen molar-refractivity contribution in [2.75, 3.05) is 11.1 Å². The van der Waals surface area contributed by atoms with Gasteiger partial charge in [0.05, 0.1) is 5.69 Å². The average molecular weight is 274 g/mol.